The van der Waals surface area contributed by atoms with Gasteiger partial charge in [-0.3, -0.25) is 0 Å². The minimum atomic E-state index is -3.67. The van der Waals surface area contributed by atoms with Crippen LogP contribution in [-0.2, 0) is 10.0 Å². The van der Waals surface area contributed by atoms with Gasteiger partial charge in [-0.25, -0.2) is 13.6 Å². The Balaban J connectivity index is 2.31. The molecular weight excluding hydrogens is 270 g/mol. The fourth-order valence-electron chi connectivity index (χ4n) is 3.02. The number of rotatable bonds is 1. The molecule has 1 aliphatic rings. The van der Waals surface area contributed by atoms with Crippen molar-refractivity contribution in [1.29, 1.82) is 0 Å². The highest BCUT2D eigenvalue weighted by Crippen LogP contribution is 2.46. The zero-order chi connectivity index (χ0) is 14.5. The molecule has 0 aromatic heterocycles. The largest absolute Gasteiger partial charge is 0.238 e. The highest BCUT2D eigenvalue weighted by atomic mass is 32.2. The molecule has 4 heteroatoms. The number of hydrogen-bond donors (Lipinski definition) is 1. The van der Waals surface area contributed by atoms with E-state index in [1.165, 1.54) is 11.1 Å². The van der Waals surface area contributed by atoms with Gasteiger partial charge in [-0.15, -0.1) is 0 Å². The first-order valence-corrected chi connectivity index (χ1v) is 8.20. The predicted molar refractivity (Wildman–Crippen MR) is 80.1 cm³/mol. The Hall–Kier alpha value is -1.65. The minimum absolute atomic E-state index is 0.174. The number of fused-ring (bicyclic) bond motifs is 3. The fraction of sp³-hybridized carbons (Fsp3) is 0.250. The van der Waals surface area contributed by atoms with Gasteiger partial charge in [0, 0.05) is 0 Å². The van der Waals surface area contributed by atoms with Crippen LogP contribution < -0.4 is 5.14 Å². The summed E-state index contributed by atoms with van der Waals surface area (Å²) in [6.45, 7) is 4.39. The van der Waals surface area contributed by atoms with Gasteiger partial charge in [0.25, 0.3) is 0 Å². The third kappa shape index (κ3) is 1.96. The molecule has 0 heterocycles. The van der Waals surface area contributed by atoms with E-state index >= 15 is 0 Å². The molecule has 2 aromatic carbocycles. The molecule has 20 heavy (non-hydrogen) atoms. The van der Waals surface area contributed by atoms with E-state index in [2.05, 4.69) is 19.9 Å². The van der Waals surface area contributed by atoms with Crippen LogP contribution in [0.1, 0.15) is 36.8 Å². The van der Waals surface area contributed by atoms with E-state index < -0.39 is 10.0 Å². The van der Waals surface area contributed by atoms with Gasteiger partial charge < -0.3 is 0 Å². The third-order valence-corrected chi connectivity index (χ3v) is 5.25. The van der Waals surface area contributed by atoms with Gasteiger partial charge in [0.2, 0.25) is 10.0 Å². The van der Waals surface area contributed by atoms with Gasteiger partial charge in [-0.2, -0.15) is 0 Å². The fourth-order valence-corrected chi connectivity index (χ4v) is 3.56. The molecule has 0 saturated heterocycles. The highest BCUT2D eigenvalue weighted by Gasteiger charge is 2.28. The van der Waals surface area contributed by atoms with E-state index in [0.717, 1.165) is 11.1 Å². The van der Waals surface area contributed by atoms with Crippen LogP contribution in [-0.4, -0.2) is 8.42 Å². The molecule has 3 nitrogen and oxygen atoms in total. The topological polar surface area (TPSA) is 60.2 Å². The molecule has 2 atom stereocenters. The van der Waals surface area contributed by atoms with Crippen molar-refractivity contribution in [3.63, 3.8) is 0 Å². The van der Waals surface area contributed by atoms with Crippen LogP contribution in [0.15, 0.2) is 47.4 Å². The number of primary sulfonamides is 1. The van der Waals surface area contributed by atoms with Crippen molar-refractivity contribution in [2.75, 3.05) is 0 Å². The molecule has 2 unspecified atom stereocenters. The summed E-state index contributed by atoms with van der Waals surface area (Å²) in [4.78, 5) is 0.174. The molecular formula is C16H17NO2S. The molecule has 0 amide bonds. The van der Waals surface area contributed by atoms with Crippen LogP contribution >= 0.6 is 0 Å². The summed E-state index contributed by atoms with van der Waals surface area (Å²) >= 11 is 0. The van der Waals surface area contributed by atoms with E-state index in [1.54, 1.807) is 12.1 Å². The minimum Gasteiger partial charge on any atom is -0.225 e. The van der Waals surface area contributed by atoms with Crippen LogP contribution in [0, 0.1) is 0 Å². The second-order valence-corrected chi connectivity index (χ2v) is 7.02. The van der Waals surface area contributed by atoms with E-state index in [9.17, 15) is 8.42 Å². The van der Waals surface area contributed by atoms with Crippen molar-refractivity contribution in [2.45, 2.75) is 30.6 Å². The lowest BCUT2D eigenvalue weighted by molar-refractivity contribution is 0.596. The Morgan fingerprint density at radius 1 is 0.900 bits per heavy atom. The maximum absolute atomic E-state index is 11.6. The van der Waals surface area contributed by atoms with Gasteiger partial charge in [0.15, 0.2) is 0 Å². The Morgan fingerprint density at radius 2 is 1.50 bits per heavy atom. The molecule has 104 valence electrons. The zero-order valence-electron chi connectivity index (χ0n) is 11.5. The average Bonchev–Trinajstić information content (AvgIpc) is 2.43. The monoisotopic (exact) mass is 287 g/mol. The lowest BCUT2D eigenvalue weighted by Gasteiger charge is -2.31. The van der Waals surface area contributed by atoms with Crippen LogP contribution in [0.2, 0.25) is 0 Å². The Morgan fingerprint density at radius 3 is 2.15 bits per heavy atom. The molecule has 3 rings (SSSR count). The number of nitrogens with two attached hydrogens (primary N) is 1. The summed E-state index contributed by atoms with van der Waals surface area (Å²) in [7, 11) is -3.67. The maximum Gasteiger partial charge on any atom is 0.238 e. The van der Waals surface area contributed by atoms with Crippen molar-refractivity contribution < 1.29 is 8.42 Å². The van der Waals surface area contributed by atoms with E-state index in [1.807, 2.05) is 24.3 Å². The molecule has 0 fully saturated rings. The summed E-state index contributed by atoms with van der Waals surface area (Å²) in [6.07, 6.45) is 0. The van der Waals surface area contributed by atoms with Crippen molar-refractivity contribution in [2.24, 2.45) is 5.14 Å². The molecule has 0 bridgehead atoms. The molecule has 2 N–H and O–H groups in total. The van der Waals surface area contributed by atoms with Gasteiger partial charge in [0.05, 0.1) is 4.90 Å². The zero-order valence-corrected chi connectivity index (χ0v) is 12.3. The predicted octanol–water partition coefficient (Wildman–Crippen LogP) is 3.22. The number of sulfonamides is 1. The molecule has 1 aliphatic carbocycles. The molecule has 0 aliphatic heterocycles. The molecule has 0 radical (unpaired) electrons. The van der Waals surface area contributed by atoms with Gasteiger partial charge in [-0.05, 0) is 46.2 Å². The Kier molecular flexibility index (Phi) is 2.96. The summed E-state index contributed by atoms with van der Waals surface area (Å²) in [5, 5.41) is 5.24. The van der Waals surface area contributed by atoms with Crippen molar-refractivity contribution in [1.82, 2.24) is 0 Å². The van der Waals surface area contributed by atoms with E-state index in [-0.39, 0.29) is 4.90 Å². The van der Waals surface area contributed by atoms with Gasteiger partial charge in [-0.1, -0.05) is 44.2 Å². The molecule has 0 saturated carbocycles. The van der Waals surface area contributed by atoms with E-state index in [4.69, 9.17) is 5.14 Å². The smallest absolute Gasteiger partial charge is 0.225 e. The summed E-state index contributed by atoms with van der Waals surface area (Å²) in [6, 6.07) is 13.4. The molecule has 0 spiro atoms. The summed E-state index contributed by atoms with van der Waals surface area (Å²) < 4.78 is 23.1. The second-order valence-electron chi connectivity index (χ2n) is 5.46. The van der Waals surface area contributed by atoms with Crippen LogP contribution in [0.3, 0.4) is 0 Å². The van der Waals surface area contributed by atoms with Crippen molar-refractivity contribution in [3.8, 4) is 11.1 Å². The number of hydrogen-bond acceptors (Lipinski definition) is 2. The standard InChI is InChI=1S/C16H17NO2S/c1-10-11(2)14-8-7-12(20(17,18)19)9-16(14)15-6-4-3-5-13(10)15/h3-11H,1-2H3,(H2,17,18,19). The third-order valence-electron chi connectivity index (χ3n) is 4.34. The maximum atomic E-state index is 11.6. The Bertz CT molecular complexity index is 781. The average molecular weight is 287 g/mol. The quantitative estimate of drug-likeness (QED) is 0.875. The van der Waals surface area contributed by atoms with Crippen LogP contribution in [0.25, 0.3) is 11.1 Å². The summed E-state index contributed by atoms with van der Waals surface area (Å²) in [5.74, 6) is 0.772. The normalized spacial score (nSPS) is 21.1. The SMILES string of the molecule is CC1c2ccccc2-c2cc(S(N)(=O)=O)ccc2C1C. The molecule has 2 aromatic rings. The highest BCUT2D eigenvalue weighted by molar-refractivity contribution is 7.89. The lowest BCUT2D eigenvalue weighted by atomic mass is 9.73. The first kappa shape index (κ1) is 13.3. The van der Waals surface area contributed by atoms with Crippen molar-refractivity contribution >= 4 is 10.0 Å². The first-order chi connectivity index (χ1) is 9.39. The second kappa shape index (κ2) is 4.43. The Labute approximate surface area is 119 Å². The van der Waals surface area contributed by atoms with Crippen LogP contribution in [0.4, 0.5) is 0 Å². The lowest BCUT2D eigenvalue weighted by Crippen LogP contribution is -2.16. The van der Waals surface area contributed by atoms with Crippen LogP contribution in [0.5, 0.6) is 0 Å². The van der Waals surface area contributed by atoms with E-state index in [0.29, 0.717) is 11.8 Å². The van der Waals surface area contributed by atoms with Gasteiger partial charge >= 0.3 is 0 Å². The van der Waals surface area contributed by atoms with Crippen molar-refractivity contribution in [3.05, 3.63) is 53.6 Å². The first-order valence-electron chi connectivity index (χ1n) is 6.65. The number of benzene rings is 2. The van der Waals surface area contributed by atoms with Gasteiger partial charge in [0.1, 0.15) is 0 Å². The summed E-state index contributed by atoms with van der Waals surface area (Å²) in [5.41, 5.74) is 4.54.